The van der Waals surface area contributed by atoms with E-state index in [4.69, 9.17) is 5.73 Å². The quantitative estimate of drug-likeness (QED) is 0.493. The second-order valence-corrected chi connectivity index (χ2v) is 10.2. The Morgan fingerprint density at radius 3 is 2.62 bits per heavy atom. The third-order valence-corrected chi connectivity index (χ3v) is 7.92. The first-order valence-electron chi connectivity index (χ1n) is 12.2. The summed E-state index contributed by atoms with van der Waals surface area (Å²) in [5, 5.41) is 13.4. The summed E-state index contributed by atoms with van der Waals surface area (Å²) in [5.41, 5.74) is 4.45. The van der Waals surface area contributed by atoms with E-state index in [1.807, 2.05) is 16.7 Å². The van der Waals surface area contributed by atoms with Crippen LogP contribution in [0.4, 0.5) is 24.8 Å². The maximum absolute atomic E-state index is 15.3. The van der Waals surface area contributed by atoms with E-state index in [1.54, 1.807) is 0 Å². The van der Waals surface area contributed by atoms with Gasteiger partial charge in [-0.05, 0) is 51.5 Å². The maximum Gasteiger partial charge on any atom is 0.254 e. The van der Waals surface area contributed by atoms with Crippen molar-refractivity contribution in [2.24, 2.45) is 23.0 Å². The molecule has 1 aromatic heterocycles. The zero-order valence-electron chi connectivity index (χ0n) is 19.7. The van der Waals surface area contributed by atoms with Gasteiger partial charge in [-0.15, -0.1) is 0 Å². The predicted octanol–water partition coefficient (Wildman–Crippen LogP) is 2.24. The van der Waals surface area contributed by atoms with Crippen LogP contribution in [-0.2, 0) is 4.79 Å². The summed E-state index contributed by atoms with van der Waals surface area (Å²) in [6, 6.07) is 0. The lowest BCUT2D eigenvalue weighted by Gasteiger charge is -2.35. The number of likely N-dealkylation sites (tertiary alicyclic amines) is 1. The second-order valence-electron chi connectivity index (χ2n) is 10.2. The molecule has 2 atom stereocenters. The van der Waals surface area contributed by atoms with Gasteiger partial charge in [-0.2, -0.15) is 4.39 Å². The number of nitrogens with one attached hydrogen (secondary N) is 1. The van der Waals surface area contributed by atoms with Crippen molar-refractivity contribution < 1.29 is 23.1 Å². The average Bonchev–Trinajstić information content (AvgIpc) is 3.32. The molecule has 0 radical (unpaired) electrons. The number of aliphatic hydroxyl groups excluding tert-OH is 1. The average molecular weight is 485 g/mol. The molecule has 8 nitrogen and oxygen atoms in total. The number of carbonyl (C=O) groups is 1. The van der Waals surface area contributed by atoms with Gasteiger partial charge in [0.2, 0.25) is 11.7 Å². The second kappa shape index (κ2) is 9.85. The molecule has 1 amide bonds. The van der Waals surface area contributed by atoms with Crippen LogP contribution in [0, 0.1) is 23.1 Å². The van der Waals surface area contributed by atoms with Crippen LogP contribution in [-0.4, -0.2) is 77.2 Å². The highest BCUT2D eigenvalue weighted by molar-refractivity contribution is 5.75. The topological polar surface area (TPSA) is 108 Å². The lowest BCUT2D eigenvalue weighted by Crippen LogP contribution is -2.48. The zero-order chi connectivity index (χ0) is 24.5. The molecule has 1 aromatic rings. The molecule has 4 N–H and O–H groups in total. The van der Waals surface area contributed by atoms with Crippen LogP contribution in [0.3, 0.4) is 0 Å². The van der Waals surface area contributed by atoms with Gasteiger partial charge < -0.3 is 21.1 Å². The number of nitrogens with two attached hydrogens (primary N) is 1. The van der Waals surface area contributed by atoms with Gasteiger partial charge in [0.05, 0.1) is 12.6 Å². The van der Waals surface area contributed by atoms with Crippen LogP contribution in [0.25, 0.3) is 0 Å². The van der Waals surface area contributed by atoms with E-state index < -0.39 is 29.2 Å². The molecule has 3 aliphatic rings. The molecule has 1 spiro atoms. The summed E-state index contributed by atoms with van der Waals surface area (Å²) in [6.07, 6.45) is 3.81. The number of hydrogen-bond donors (Lipinski definition) is 3. The summed E-state index contributed by atoms with van der Waals surface area (Å²) >= 11 is 0. The van der Waals surface area contributed by atoms with E-state index in [-0.39, 0.29) is 36.4 Å². The Kier molecular flexibility index (Phi) is 7.23. The number of aromatic nitrogens is 2. The predicted molar refractivity (Wildman–Crippen MR) is 122 cm³/mol. The number of anilines is 2. The Hall–Kier alpha value is -2.14. The SMILES string of the molecule is CCN(CC1CCC2(CC1)CC2(F)F)c1ncnc(NCC2CCN(CC(N)=O)C[C@@H]2O)c1F. The van der Waals surface area contributed by atoms with E-state index >= 15 is 4.39 Å². The van der Waals surface area contributed by atoms with Crippen LogP contribution in [0.15, 0.2) is 6.33 Å². The van der Waals surface area contributed by atoms with Crippen molar-refractivity contribution in [3.63, 3.8) is 0 Å². The molecule has 0 aromatic carbocycles. The minimum Gasteiger partial charge on any atom is -0.391 e. The molecule has 1 saturated heterocycles. The number of halogens is 3. The molecule has 2 saturated carbocycles. The summed E-state index contributed by atoms with van der Waals surface area (Å²) in [6.45, 7) is 4.45. The maximum atomic E-state index is 15.3. The first kappa shape index (κ1) is 25.0. The summed E-state index contributed by atoms with van der Waals surface area (Å²) in [7, 11) is 0. The minimum absolute atomic E-state index is 0.0125. The largest absolute Gasteiger partial charge is 0.391 e. The van der Waals surface area contributed by atoms with E-state index in [9.17, 15) is 18.7 Å². The Balaban J connectivity index is 1.32. The van der Waals surface area contributed by atoms with Gasteiger partial charge in [0, 0.05) is 43.9 Å². The number of β-amino-alcohol motifs (C(OH)–C–C–N with tert-alkyl or cyclic N) is 1. The molecule has 1 aliphatic heterocycles. The van der Waals surface area contributed by atoms with Crippen LogP contribution in [0.2, 0.25) is 0 Å². The van der Waals surface area contributed by atoms with Crippen molar-refractivity contribution in [1.29, 1.82) is 0 Å². The number of amides is 1. The Labute approximate surface area is 198 Å². The highest BCUT2D eigenvalue weighted by atomic mass is 19.3. The van der Waals surface area contributed by atoms with Gasteiger partial charge in [-0.1, -0.05) is 0 Å². The smallest absolute Gasteiger partial charge is 0.254 e. The van der Waals surface area contributed by atoms with Crippen LogP contribution >= 0.6 is 0 Å². The molecule has 3 fully saturated rings. The Morgan fingerprint density at radius 1 is 1.32 bits per heavy atom. The normalized spacial score (nSPS) is 30.8. The number of rotatable bonds is 9. The van der Waals surface area contributed by atoms with Crippen molar-refractivity contribution in [1.82, 2.24) is 14.9 Å². The molecule has 4 rings (SSSR count). The van der Waals surface area contributed by atoms with Crippen molar-refractivity contribution in [3.05, 3.63) is 12.1 Å². The third kappa shape index (κ3) is 5.25. The fourth-order valence-corrected chi connectivity index (χ4v) is 5.59. The van der Waals surface area contributed by atoms with E-state index in [0.717, 1.165) is 12.8 Å². The van der Waals surface area contributed by atoms with Crippen molar-refractivity contribution >= 4 is 17.5 Å². The van der Waals surface area contributed by atoms with Gasteiger partial charge in [0.1, 0.15) is 6.33 Å². The highest BCUT2D eigenvalue weighted by Gasteiger charge is 2.70. The number of hydrogen-bond acceptors (Lipinski definition) is 7. The van der Waals surface area contributed by atoms with Crippen LogP contribution in [0.1, 0.15) is 45.4 Å². The van der Waals surface area contributed by atoms with Gasteiger partial charge in [-0.25, -0.2) is 18.7 Å². The highest BCUT2D eigenvalue weighted by Crippen LogP contribution is 2.67. The summed E-state index contributed by atoms with van der Waals surface area (Å²) in [5.74, 6) is -3.09. The molecular formula is C23H35F3N6O2. The first-order chi connectivity index (χ1) is 16.1. The standard InChI is InChI=1S/C23H35F3N6O2/c1-2-32(10-15-3-6-22(7-4-15)13-23(22,25)26)21-19(24)20(29-14-30-21)28-9-16-5-8-31(11-17(16)33)12-18(27)34/h14-17,33H,2-13H2,1H3,(H2,27,34)(H,28,29,30)/t15?,16?,17-,22?/m0/s1. The number of aliphatic hydroxyl groups is 1. The molecule has 0 bridgehead atoms. The van der Waals surface area contributed by atoms with Crippen LogP contribution < -0.4 is 16.0 Å². The lowest BCUT2D eigenvalue weighted by atomic mass is 9.79. The number of piperidine rings is 1. The fourth-order valence-electron chi connectivity index (χ4n) is 5.59. The minimum atomic E-state index is -2.51. The van der Waals surface area contributed by atoms with Gasteiger partial charge in [0.15, 0.2) is 11.6 Å². The third-order valence-electron chi connectivity index (χ3n) is 7.92. The van der Waals surface area contributed by atoms with Crippen molar-refractivity contribution in [3.8, 4) is 0 Å². The van der Waals surface area contributed by atoms with Gasteiger partial charge >= 0.3 is 0 Å². The lowest BCUT2D eigenvalue weighted by molar-refractivity contribution is -0.120. The van der Waals surface area contributed by atoms with Crippen molar-refractivity contribution in [2.75, 3.05) is 49.5 Å². The summed E-state index contributed by atoms with van der Waals surface area (Å²) in [4.78, 5) is 23.0. The van der Waals surface area contributed by atoms with E-state index in [1.165, 1.54) is 6.33 Å². The van der Waals surface area contributed by atoms with Crippen molar-refractivity contribution in [2.45, 2.75) is 57.5 Å². The molecule has 34 heavy (non-hydrogen) atoms. The van der Waals surface area contributed by atoms with Gasteiger partial charge in [-0.3, -0.25) is 9.69 Å². The number of primary amides is 1. The molecule has 190 valence electrons. The van der Waals surface area contributed by atoms with Gasteiger partial charge in [0.25, 0.3) is 5.92 Å². The Morgan fingerprint density at radius 2 is 2.03 bits per heavy atom. The number of carbonyl (C=O) groups excluding carboxylic acids is 1. The Bertz CT molecular complexity index is 880. The molecule has 11 heteroatoms. The monoisotopic (exact) mass is 484 g/mol. The van der Waals surface area contributed by atoms with E-state index in [0.29, 0.717) is 52.0 Å². The van der Waals surface area contributed by atoms with Crippen LogP contribution in [0.5, 0.6) is 0 Å². The zero-order valence-corrected chi connectivity index (χ0v) is 19.7. The number of nitrogens with zero attached hydrogens (tertiary/aromatic N) is 4. The molecule has 2 aliphatic carbocycles. The fraction of sp³-hybridized carbons (Fsp3) is 0.783. The summed E-state index contributed by atoms with van der Waals surface area (Å²) < 4.78 is 42.6. The molecule has 2 heterocycles. The molecular weight excluding hydrogens is 449 g/mol. The van der Waals surface area contributed by atoms with E-state index in [2.05, 4.69) is 15.3 Å². The number of alkyl halides is 2. The molecule has 1 unspecified atom stereocenters. The first-order valence-corrected chi connectivity index (χ1v) is 12.2.